The second-order valence-electron chi connectivity index (χ2n) is 5.26. The summed E-state index contributed by atoms with van der Waals surface area (Å²) in [6.45, 7) is 8.73. The van der Waals surface area contributed by atoms with Crippen LogP contribution in [0.4, 0.5) is 19.1 Å². The first-order chi connectivity index (χ1) is 8.13. The van der Waals surface area contributed by atoms with E-state index in [2.05, 4.69) is 29.1 Å². The van der Waals surface area contributed by atoms with E-state index in [0.29, 0.717) is 12.5 Å². The maximum absolute atomic E-state index is 12.5. The molecule has 0 spiro atoms. The molecule has 0 saturated heterocycles. The highest BCUT2D eigenvalue weighted by atomic mass is 19.4. The van der Waals surface area contributed by atoms with E-state index in [1.54, 1.807) is 0 Å². The van der Waals surface area contributed by atoms with Crippen molar-refractivity contribution in [3.63, 3.8) is 0 Å². The first-order valence-electron chi connectivity index (χ1n) is 5.77. The molecule has 1 rings (SSSR count). The Morgan fingerprint density at radius 1 is 1.28 bits per heavy atom. The summed E-state index contributed by atoms with van der Waals surface area (Å²) in [6.07, 6.45) is -3.33. The molecule has 1 N–H and O–H groups in total. The fourth-order valence-electron chi connectivity index (χ4n) is 1.11. The van der Waals surface area contributed by atoms with Gasteiger partial charge in [0.05, 0.1) is 0 Å². The molecule has 1 aromatic heterocycles. The molecule has 3 nitrogen and oxygen atoms in total. The van der Waals surface area contributed by atoms with Gasteiger partial charge in [-0.05, 0) is 17.4 Å². The number of anilines is 1. The van der Waals surface area contributed by atoms with Gasteiger partial charge in [0.1, 0.15) is 5.69 Å². The van der Waals surface area contributed by atoms with Crippen LogP contribution in [0.2, 0.25) is 0 Å². The van der Waals surface area contributed by atoms with E-state index in [4.69, 9.17) is 0 Å². The van der Waals surface area contributed by atoms with Gasteiger partial charge in [-0.15, -0.1) is 0 Å². The Bertz CT molecular complexity index is 400. The topological polar surface area (TPSA) is 37.8 Å². The predicted molar refractivity (Wildman–Crippen MR) is 64.1 cm³/mol. The first-order valence-corrected chi connectivity index (χ1v) is 5.77. The van der Waals surface area contributed by atoms with Crippen LogP contribution in [-0.4, -0.2) is 16.5 Å². The van der Waals surface area contributed by atoms with Crippen LogP contribution in [0.25, 0.3) is 0 Å². The Kier molecular flexibility index (Phi) is 4.19. The minimum Gasteiger partial charge on any atom is -0.354 e. The lowest BCUT2D eigenvalue weighted by Crippen LogP contribution is -2.29. The average molecular weight is 261 g/mol. The number of hydrogen-bond acceptors (Lipinski definition) is 3. The fraction of sp³-hybridized carbons (Fsp3) is 0.667. The smallest absolute Gasteiger partial charge is 0.354 e. The Labute approximate surface area is 105 Å². The van der Waals surface area contributed by atoms with Crippen LogP contribution in [0.3, 0.4) is 0 Å². The fourth-order valence-corrected chi connectivity index (χ4v) is 1.11. The van der Waals surface area contributed by atoms with Gasteiger partial charge < -0.3 is 5.32 Å². The molecule has 0 radical (unpaired) electrons. The molecule has 0 bridgehead atoms. The molecule has 0 aliphatic carbocycles. The Morgan fingerprint density at radius 2 is 1.89 bits per heavy atom. The average Bonchev–Trinajstić information content (AvgIpc) is 2.25. The summed E-state index contributed by atoms with van der Waals surface area (Å²) in [5.41, 5.74) is -0.972. The summed E-state index contributed by atoms with van der Waals surface area (Å²) < 4.78 is 37.4. The van der Waals surface area contributed by atoms with Crippen LogP contribution in [-0.2, 0) is 6.18 Å². The molecule has 0 unspecified atom stereocenters. The van der Waals surface area contributed by atoms with Crippen molar-refractivity contribution in [2.75, 3.05) is 11.9 Å². The Balaban J connectivity index is 2.75. The molecule has 0 aliphatic rings. The zero-order chi connectivity index (χ0) is 14.0. The third-order valence-corrected chi connectivity index (χ3v) is 3.21. The molecule has 102 valence electrons. The van der Waals surface area contributed by atoms with Crippen molar-refractivity contribution in [1.82, 2.24) is 9.97 Å². The lowest BCUT2D eigenvalue weighted by Gasteiger charge is -2.29. The van der Waals surface area contributed by atoms with E-state index in [9.17, 15) is 13.2 Å². The maximum Gasteiger partial charge on any atom is 0.433 e. The van der Waals surface area contributed by atoms with Crippen molar-refractivity contribution in [1.29, 1.82) is 0 Å². The molecule has 0 fully saturated rings. The summed E-state index contributed by atoms with van der Waals surface area (Å²) in [7, 11) is 0. The van der Waals surface area contributed by atoms with Crippen LogP contribution in [0.15, 0.2) is 12.3 Å². The van der Waals surface area contributed by atoms with Crippen molar-refractivity contribution in [3.05, 3.63) is 18.0 Å². The van der Waals surface area contributed by atoms with Crippen molar-refractivity contribution in [2.45, 2.75) is 33.9 Å². The number of alkyl halides is 3. The van der Waals surface area contributed by atoms with Crippen LogP contribution >= 0.6 is 0 Å². The van der Waals surface area contributed by atoms with E-state index in [1.807, 2.05) is 13.8 Å². The molecule has 0 amide bonds. The van der Waals surface area contributed by atoms with Crippen LogP contribution in [0, 0.1) is 11.3 Å². The summed E-state index contributed by atoms with van der Waals surface area (Å²) >= 11 is 0. The highest BCUT2D eigenvalue weighted by molar-refractivity contribution is 5.26. The summed E-state index contributed by atoms with van der Waals surface area (Å²) in [4.78, 5) is 7.25. The van der Waals surface area contributed by atoms with E-state index in [-0.39, 0.29) is 11.4 Å². The Hall–Kier alpha value is -1.33. The number of rotatable bonds is 4. The second kappa shape index (κ2) is 5.12. The van der Waals surface area contributed by atoms with Crippen LogP contribution in [0.1, 0.15) is 33.4 Å². The van der Waals surface area contributed by atoms with E-state index in [1.165, 1.54) is 0 Å². The highest BCUT2D eigenvalue weighted by Gasteiger charge is 2.33. The van der Waals surface area contributed by atoms with Crippen LogP contribution < -0.4 is 5.32 Å². The molecule has 1 aromatic rings. The van der Waals surface area contributed by atoms with Gasteiger partial charge in [-0.2, -0.15) is 13.2 Å². The molecule has 1 heterocycles. The molecule has 0 atom stereocenters. The number of halogens is 3. The van der Waals surface area contributed by atoms with E-state index < -0.39 is 11.9 Å². The summed E-state index contributed by atoms with van der Waals surface area (Å²) in [5, 5.41) is 2.86. The van der Waals surface area contributed by atoms with Gasteiger partial charge in [0.2, 0.25) is 5.95 Å². The molecule has 18 heavy (non-hydrogen) atoms. The second-order valence-corrected chi connectivity index (χ2v) is 5.26. The zero-order valence-corrected chi connectivity index (χ0v) is 11.0. The van der Waals surface area contributed by atoms with Gasteiger partial charge >= 0.3 is 6.18 Å². The van der Waals surface area contributed by atoms with E-state index >= 15 is 0 Å². The van der Waals surface area contributed by atoms with Gasteiger partial charge in [0, 0.05) is 12.7 Å². The van der Waals surface area contributed by atoms with Gasteiger partial charge in [-0.25, -0.2) is 9.97 Å². The molecular formula is C12H18F3N3. The minimum absolute atomic E-state index is 0.0125. The highest BCUT2D eigenvalue weighted by Crippen LogP contribution is 2.28. The normalized spacial score (nSPS) is 12.9. The third kappa shape index (κ3) is 3.85. The quantitative estimate of drug-likeness (QED) is 0.900. The van der Waals surface area contributed by atoms with Crippen LogP contribution in [0.5, 0.6) is 0 Å². The SMILES string of the molecule is CC(C)C(C)(C)CNc1nccc(C(F)(F)F)n1. The first kappa shape index (κ1) is 14.7. The molecule has 6 heteroatoms. The monoisotopic (exact) mass is 261 g/mol. The van der Waals surface area contributed by atoms with Gasteiger partial charge in [0.15, 0.2) is 0 Å². The number of nitrogens with one attached hydrogen (secondary N) is 1. The maximum atomic E-state index is 12.5. The van der Waals surface area contributed by atoms with Crippen molar-refractivity contribution < 1.29 is 13.2 Å². The lowest BCUT2D eigenvalue weighted by atomic mass is 9.81. The Morgan fingerprint density at radius 3 is 2.39 bits per heavy atom. The van der Waals surface area contributed by atoms with Gasteiger partial charge in [0.25, 0.3) is 0 Å². The molecule has 0 saturated carbocycles. The minimum atomic E-state index is -4.44. The lowest BCUT2D eigenvalue weighted by molar-refractivity contribution is -0.141. The predicted octanol–water partition coefficient (Wildman–Crippen LogP) is 3.59. The zero-order valence-electron chi connectivity index (χ0n) is 11.0. The van der Waals surface area contributed by atoms with Gasteiger partial charge in [-0.3, -0.25) is 0 Å². The van der Waals surface area contributed by atoms with Crippen molar-refractivity contribution in [2.24, 2.45) is 11.3 Å². The molecular weight excluding hydrogens is 243 g/mol. The molecule has 0 aliphatic heterocycles. The molecule has 0 aromatic carbocycles. The largest absolute Gasteiger partial charge is 0.433 e. The standard InChI is InChI=1S/C12H18F3N3/c1-8(2)11(3,4)7-17-10-16-6-5-9(18-10)12(13,14)15/h5-6,8H,7H2,1-4H3,(H,16,17,18). The number of nitrogens with zero attached hydrogens (tertiary/aromatic N) is 2. The third-order valence-electron chi connectivity index (χ3n) is 3.21. The summed E-state index contributed by atoms with van der Waals surface area (Å²) in [6, 6.07) is 0.860. The van der Waals surface area contributed by atoms with Crippen molar-refractivity contribution >= 4 is 5.95 Å². The van der Waals surface area contributed by atoms with Gasteiger partial charge in [-0.1, -0.05) is 27.7 Å². The van der Waals surface area contributed by atoms with E-state index in [0.717, 1.165) is 12.3 Å². The van der Waals surface area contributed by atoms with Crippen molar-refractivity contribution in [3.8, 4) is 0 Å². The summed E-state index contributed by atoms with van der Waals surface area (Å²) in [5.74, 6) is 0.411. The number of aromatic nitrogens is 2. The number of hydrogen-bond donors (Lipinski definition) is 1.